The fourth-order valence-electron chi connectivity index (χ4n) is 5.74. The number of amides is 3. The lowest BCUT2D eigenvalue weighted by atomic mass is 9.95. The first-order valence-corrected chi connectivity index (χ1v) is 13.6. The van der Waals surface area contributed by atoms with Crippen LogP contribution in [0.1, 0.15) is 44.9 Å². The number of fused-ring (bicyclic) bond motifs is 2. The molecule has 1 aromatic heterocycles. The Morgan fingerprint density at radius 3 is 2.62 bits per heavy atom. The quantitative estimate of drug-likeness (QED) is 0.358. The van der Waals surface area contributed by atoms with E-state index in [9.17, 15) is 18.8 Å². The first kappa shape index (κ1) is 25.7. The van der Waals surface area contributed by atoms with E-state index in [4.69, 9.17) is 0 Å². The Morgan fingerprint density at radius 1 is 1.02 bits per heavy atom. The fraction of sp³-hybridized carbons (Fsp3) is 0.290. The lowest BCUT2D eigenvalue weighted by Gasteiger charge is -2.34. The predicted molar refractivity (Wildman–Crippen MR) is 149 cm³/mol. The molecular weight excluding hydrogens is 509 g/mol. The molecule has 2 aliphatic rings. The molecule has 3 amide bonds. The molecule has 6 rings (SSSR count). The summed E-state index contributed by atoms with van der Waals surface area (Å²) >= 11 is 0. The SMILES string of the molecule is Cn1c(CN2C(=O)c3cccc(N4CCCC(C(=O)NCCc5ccc(F)cc5)C4)c3C2=O)nc2ccccc21. The van der Waals surface area contributed by atoms with Gasteiger partial charge in [0.25, 0.3) is 11.8 Å². The van der Waals surface area contributed by atoms with E-state index in [1.807, 2.05) is 41.9 Å². The summed E-state index contributed by atoms with van der Waals surface area (Å²) in [4.78, 5) is 48.0. The fourth-order valence-corrected chi connectivity index (χ4v) is 5.74. The van der Waals surface area contributed by atoms with Crippen LogP contribution in [0.15, 0.2) is 66.7 Å². The van der Waals surface area contributed by atoms with E-state index < -0.39 is 0 Å². The van der Waals surface area contributed by atoms with Crippen molar-refractivity contribution in [3.8, 4) is 0 Å². The average molecular weight is 540 g/mol. The number of imidazole rings is 1. The average Bonchev–Trinajstić information content (AvgIpc) is 3.42. The highest BCUT2D eigenvalue weighted by atomic mass is 19.1. The first-order chi connectivity index (χ1) is 19.4. The maximum absolute atomic E-state index is 13.7. The minimum Gasteiger partial charge on any atom is -0.370 e. The van der Waals surface area contributed by atoms with Gasteiger partial charge in [0, 0.05) is 26.7 Å². The van der Waals surface area contributed by atoms with Gasteiger partial charge in [-0.25, -0.2) is 9.37 Å². The van der Waals surface area contributed by atoms with E-state index in [0.29, 0.717) is 48.7 Å². The molecule has 2 aliphatic heterocycles. The Balaban J connectivity index is 1.16. The number of hydrogen-bond donors (Lipinski definition) is 1. The third kappa shape index (κ3) is 4.72. The van der Waals surface area contributed by atoms with Crippen LogP contribution in [-0.4, -0.2) is 51.8 Å². The molecule has 0 bridgehead atoms. The Morgan fingerprint density at radius 2 is 1.82 bits per heavy atom. The van der Waals surface area contributed by atoms with E-state index in [1.165, 1.54) is 17.0 Å². The second-order valence-electron chi connectivity index (χ2n) is 10.4. The highest BCUT2D eigenvalue weighted by Crippen LogP contribution is 2.35. The number of nitrogens with one attached hydrogen (secondary N) is 1. The van der Waals surface area contributed by atoms with Crippen molar-refractivity contribution in [2.45, 2.75) is 25.8 Å². The molecule has 204 valence electrons. The number of anilines is 1. The van der Waals surface area contributed by atoms with E-state index in [2.05, 4.69) is 15.2 Å². The topological polar surface area (TPSA) is 87.5 Å². The Kier molecular flexibility index (Phi) is 6.79. The van der Waals surface area contributed by atoms with Gasteiger partial charge in [-0.15, -0.1) is 0 Å². The summed E-state index contributed by atoms with van der Waals surface area (Å²) in [6.07, 6.45) is 2.16. The van der Waals surface area contributed by atoms with Crippen LogP contribution in [0.2, 0.25) is 0 Å². The summed E-state index contributed by atoms with van der Waals surface area (Å²) in [5, 5.41) is 3.01. The highest BCUT2D eigenvalue weighted by molar-refractivity contribution is 6.23. The van der Waals surface area contributed by atoms with Gasteiger partial charge in [-0.3, -0.25) is 19.3 Å². The molecule has 3 aromatic carbocycles. The van der Waals surface area contributed by atoms with Gasteiger partial charge in [-0.05, 0) is 61.2 Å². The van der Waals surface area contributed by atoms with E-state index in [1.54, 1.807) is 24.3 Å². The number of carbonyl (C=O) groups excluding carboxylic acids is 3. The summed E-state index contributed by atoms with van der Waals surface area (Å²) in [6.45, 7) is 1.70. The molecular formula is C31H30FN5O3. The largest absolute Gasteiger partial charge is 0.370 e. The number of hydrogen-bond acceptors (Lipinski definition) is 5. The van der Waals surface area contributed by atoms with Crippen molar-refractivity contribution in [3.63, 3.8) is 0 Å². The molecule has 1 unspecified atom stereocenters. The molecule has 0 radical (unpaired) electrons. The van der Waals surface area contributed by atoms with Gasteiger partial charge < -0.3 is 14.8 Å². The predicted octanol–water partition coefficient (Wildman–Crippen LogP) is 4.08. The van der Waals surface area contributed by atoms with Crippen LogP contribution in [0.25, 0.3) is 11.0 Å². The summed E-state index contributed by atoms with van der Waals surface area (Å²) in [5.74, 6) is -0.593. The van der Waals surface area contributed by atoms with Crippen LogP contribution in [0.5, 0.6) is 0 Å². The van der Waals surface area contributed by atoms with Gasteiger partial charge in [0.2, 0.25) is 5.91 Å². The molecule has 1 N–H and O–H groups in total. The molecule has 0 spiro atoms. The smallest absolute Gasteiger partial charge is 0.264 e. The van der Waals surface area contributed by atoms with Gasteiger partial charge in [0.05, 0.1) is 40.3 Å². The lowest BCUT2D eigenvalue weighted by Crippen LogP contribution is -2.44. The van der Waals surface area contributed by atoms with Crippen molar-refractivity contribution in [3.05, 3.63) is 95.1 Å². The number of nitrogens with zero attached hydrogens (tertiary/aromatic N) is 4. The maximum atomic E-state index is 13.7. The number of carbonyl (C=O) groups is 3. The van der Waals surface area contributed by atoms with Crippen LogP contribution >= 0.6 is 0 Å². The lowest BCUT2D eigenvalue weighted by molar-refractivity contribution is -0.125. The van der Waals surface area contributed by atoms with Crippen LogP contribution in [0.4, 0.5) is 10.1 Å². The van der Waals surface area contributed by atoms with E-state index >= 15 is 0 Å². The standard InChI is InChI=1S/C31H30FN5O3/c1-35-25-9-3-2-8-24(25)34-27(35)19-37-30(39)23-7-4-10-26(28(23)31(37)40)36-17-5-6-21(18-36)29(38)33-16-15-20-11-13-22(32)14-12-20/h2-4,7-14,21H,5-6,15-19H2,1H3,(H,33,38). The Hall–Kier alpha value is -4.53. The first-order valence-electron chi connectivity index (χ1n) is 13.6. The number of imide groups is 1. The number of halogens is 1. The third-order valence-electron chi connectivity index (χ3n) is 7.92. The summed E-state index contributed by atoms with van der Waals surface area (Å²) in [7, 11) is 1.88. The number of benzene rings is 3. The molecule has 1 atom stereocenters. The summed E-state index contributed by atoms with van der Waals surface area (Å²) in [6, 6.07) is 19.3. The van der Waals surface area contributed by atoms with Gasteiger partial charge >= 0.3 is 0 Å². The zero-order valence-corrected chi connectivity index (χ0v) is 22.3. The van der Waals surface area contributed by atoms with Crippen molar-refractivity contribution in [2.75, 3.05) is 24.5 Å². The van der Waals surface area contributed by atoms with Crippen LogP contribution in [0, 0.1) is 11.7 Å². The maximum Gasteiger partial charge on any atom is 0.264 e. The minimum atomic E-state index is -0.339. The summed E-state index contributed by atoms with van der Waals surface area (Å²) in [5.41, 5.74) is 4.17. The molecule has 3 heterocycles. The molecule has 0 aliphatic carbocycles. The minimum absolute atomic E-state index is 0.0368. The summed E-state index contributed by atoms with van der Waals surface area (Å²) < 4.78 is 15.0. The van der Waals surface area contributed by atoms with E-state index in [-0.39, 0.29) is 36.0 Å². The number of aryl methyl sites for hydroxylation is 1. The van der Waals surface area contributed by atoms with Crippen molar-refractivity contribution in [1.29, 1.82) is 0 Å². The highest BCUT2D eigenvalue weighted by Gasteiger charge is 2.40. The van der Waals surface area contributed by atoms with E-state index in [0.717, 1.165) is 29.4 Å². The van der Waals surface area contributed by atoms with Crippen molar-refractivity contribution in [1.82, 2.24) is 19.8 Å². The zero-order valence-electron chi connectivity index (χ0n) is 22.3. The second-order valence-corrected chi connectivity index (χ2v) is 10.4. The van der Waals surface area contributed by atoms with Gasteiger partial charge in [-0.1, -0.05) is 30.3 Å². The molecule has 40 heavy (non-hydrogen) atoms. The molecule has 1 fully saturated rings. The molecule has 8 nitrogen and oxygen atoms in total. The van der Waals surface area contributed by atoms with Gasteiger partial charge in [0.1, 0.15) is 11.6 Å². The second kappa shape index (κ2) is 10.6. The third-order valence-corrected chi connectivity index (χ3v) is 7.92. The van der Waals surface area contributed by atoms with Crippen molar-refractivity contribution < 1.29 is 18.8 Å². The molecule has 9 heteroatoms. The molecule has 4 aromatic rings. The van der Waals surface area contributed by atoms with Gasteiger partial charge in [0.15, 0.2) is 0 Å². The van der Waals surface area contributed by atoms with Crippen molar-refractivity contribution in [2.24, 2.45) is 13.0 Å². The Bertz CT molecular complexity index is 1610. The normalized spacial score (nSPS) is 17.0. The van der Waals surface area contributed by atoms with Crippen LogP contribution in [0.3, 0.4) is 0 Å². The number of aromatic nitrogens is 2. The molecule has 1 saturated heterocycles. The van der Waals surface area contributed by atoms with Gasteiger partial charge in [-0.2, -0.15) is 0 Å². The number of rotatable bonds is 7. The van der Waals surface area contributed by atoms with Crippen molar-refractivity contribution >= 4 is 34.4 Å². The zero-order chi connectivity index (χ0) is 27.8. The van der Waals surface area contributed by atoms with Crippen LogP contribution < -0.4 is 10.2 Å². The monoisotopic (exact) mass is 539 g/mol. The number of para-hydroxylation sites is 2. The number of piperidine rings is 1. The Labute approximate surface area is 231 Å². The van der Waals surface area contributed by atoms with Crippen LogP contribution in [-0.2, 0) is 24.8 Å². The molecule has 0 saturated carbocycles.